The van der Waals surface area contributed by atoms with Crippen molar-refractivity contribution in [1.82, 2.24) is 4.31 Å². The van der Waals surface area contributed by atoms with Crippen molar-refractivity contribution in [2.24, 2.45) is 0 Å². The van der Waals surface area contributed by atoms with Crippen molar-refractivity contribution in [3.8, 4) is 0 Å². The molecule has 2 saturated heterocycles. The van der Waals surface area contributed by atoms with E-state index in [0.717, 1.165) is 24.2 Å². The quantitative estimate of drug-likeness (QED) is 0.818. The molecule has 5 nitrogen and oxygen atoms in total. The molecule has 2 aliphatic rings. The maximum absolute atomic E-state index is 12.7. The van der Waals surface area contributed by atoms with E-state index in [-0.39, 0.29) is 16.3 Å². The lowest BCUT2D eigenvalue weighted by atomic mass is 10.1. The fourth-order valence-electron chi connectivity index (χ4n) is 3.37. The first kappa shape index (κ1) is 15.7. The van der Waals surface area contributed by atoms with E-state index in [4.69, 9.17) is 11.6 Å². The maximum atomic E-state index is 12.7. The zero-order valence-electron chi connectivity index (χ0n) is 11.4. The molecule has 2 bridgehead atoms. The van der Waals surface area contributed by atoms with Gasteiger partial charge in [-0.3, -0.25) is 0 Å². The Labute approximate surface area is 133 Å². The molecule has 2 unspecified atom stereocenters. The van der Waals surface area contributed by atoms with Crippen molar-refractivity contribution < 1.29 is 16.8 Å². The van der Waals surface area contributed by atoms with Gasteiger partial charge in [0, 0.05) is 18.3 Å². The minimum atomic E-state index is -3.57. The first-order valence-electron chi connectivity index (χ1n) is 6.67. The van der Waals surface area contributed by atoms with Crippen LogP contribution in [0.3, 0.4) is 0 Å². The standard InChI is InChI=1S/C12H16ClNO4S3/c1-20(15,16)10-6-8-2-3-9(7-10)14(8)21(17,18)12-5-4-11(13)19-12/h4-5,8-10H,2-3,6-7H2,1H3. The molecule has 0 radical (unpaired) electrons. The summed E-state index contributed by atoms with van der Waals surface area (Å²) in [7, 11) is -6.69. The third-order valence-corrected chi connectivity index (χ3v) is 9.61. The summed E-state index contributed by atoms with van der Waals surface area (Å²) in [6.07, 6.45) is 3.49. The monoisotopic (exact) mass is 369 g/mol. The molecule has 3 heterocycles. The lowest BCUT2D eigenvalue weighted by Crippen LogP contribution is -2.49. The number of hydrogen-bond acceptors (Lipinski definition) is 5. The number of rotatable bonds is 3. The van der Waals surface area contributed by atoms with Crippen molar-refractivity contribution in [3.63, 3.8) is 0 Å². The highest BCUT2D eigenvalue weighted by molar-refractivity contribution is 7.91. The van der Waals surface area contributed by atoms with Gasteiger partial charge in [-0.15, -0.1) is 11.3 Å². The van der Waals surface area contributed by atoms with Gasteiger partial charge in [-0.25, -0.2) is 16.8 Å². The van der Waals surface area contributed by atoms with Crippen LogP contribution in [0.4, 0.5) is 0 Å². The van der Waals surface area contributed by atoms with Gasteiger partial charge in [-0.05, 0) is 37.8 Å². The molecule has 0 spiro atoms. The smallest absolute Gasteiger partial charge is 0.229 e. The zero-order chi connectivity index (χ0) is 15.4. The average molecular weight is 370 g/mol. The molecule has 0 saturated carbocycles. The van der Waals surface area contributed by atoms with Crippen LogP contribution in [0.2, 0.25) is 4.34 Å². The average Bonchev–Trinajstić information content (AvgIpc) is 2.91. The summed E-state index contributed by atoms with van der Waals surface area (Å²) in [6, 6.07) is 2.66. The van der Waals surface area contributed by atoms with Crippen LogP contribution in [0.5, 0.6) is 0 Å². The van der Waals surface area contributed by atoms with Gasteiger partial charge < -0.3 is 0 Å². The van der Waals surface area contributed by atoms with E-state index in [9.17, 15) is 16.8 Å². The molecule has 2 fully saturated rings. The Hall–Kier alpha value is -0.150. The molecular weight excluding hydrogens is 354 g/mol. The predicted octanol–water partition coefficient (Wildman–Crippen LogP) is 2.13. The summed E-state index contributed by atoms with van der Waals surface area (Å²) in [4.78, 5) is 0. The molecule has 2 atom stereocenters. The normalized spacial score (nSPS) is 30.7. The van der Waals surface area contributed by atoms with E-state index in [0.29, 0.717) is 17.2 Å². The summed E-state index contributed by atoms with van der Waals surface area (Å²) in [6.45, 7) is 0. The van der Waals surface area contributed by atoms with Gasteiger partial charge in [0.25, 0.3) is 10.0 Å². The molecule has 21 heavy (non-hydrogen) atoms. The molecule has 0 aromatic carbocycles. The topological polar surface area (TPSA) is 71.5 Å². The first-order valence-corrected chi connectivity index (χ1v) is 11.3. The second kappa shape index (κ2) is 5.19. The van der Waals surface area contributed by atoms with Crippen molar-refractivity contribution in [1.29, 1.82) is 0 Å². The van der Waals surface area contributed by atoms with E-state index in [1.165, 1.54) is 16.6 Å². The second-order valence-electron chi connectivity index (χ2n) is 5.70. The van der Waals surface area contributed by atoms with Gasteiger partial charge in [0.15, 0.2) is 0 Å². The molecular formula is C12H16ClNO4S3. The molecule has 1 aromatic heterocycles. The number of hydrogen-bond donors (Lipinski definition) is 0. The number of sulfonamides is 1. The SMILES string of the molecule is CS(=O)(=O)C1CC2CCC(C1)N2S(=O)(=O)c1ccc(Cl)s1. The summed E-state index contributed by atoms with van der Waals surface area (Å²) in [5.41, 5.74) is 0. The summed E-state index contributed by atoms with van der Waals surface area (Å²) < 4.78 is 51.2. The van der Waals surface area contributed by atoms with Crippen LogP contribution < -0.4 is 0 Å². The van der Waals surface area contributed by atoms with Gasteiger partial charge in [-0.2, -0.15) is 4.31 Å². The van der Waals surface area contributed by atoms with Crippen LogP contribution in [0, 0.1) is 0 Å². The Morgan fingerprint density at radius 2 is 1.71 bits per heavy atom. The van der Waals surface area contributed by atoms with Gasteiger partial charge in [0.05, 0.1) is 9.59 Å². The minimum Gasteiger partial charge on any atom is -0.229 e. The molecule has 3 rings (SSSR count). The minimum absolute atomic E-state index is 0.214. The van der Waals surface area contributed by atoms with Crippen LogP contribution in [-0.4, -0.2) is 44.7 Å². The fraction of sp³-hybridized carbons (Fsp3) is 0.667. The van der Waals surface area contributed by atoms with Gasteiger partial charge in [0.1, 0.15) is 14.0 Å². The number of thiophene rings is 1. The van der Waals surface area contributed by atoms with E-state index >= 15 is 0 Å². The number of piperidine rings is 1. The Morgan fingerprint density at radius 3 is 2.14 bits per heavy atom. The Kier molecular flexibility index (Phi) is 3.89. The maximum Gasteiger partial charge on any atom is 0.253 e. The van der Waals surface area contributed by atoms with Gasteiger partial charge >= 0.3 is 0 Å². The Balaban J connectivity index is 1.92. The Bertz CT molecular complexity index is 741. The summed E-state index contributed by atoms with van der Waals surface area (Å²) in [5.74, 6) is 0. The van der Waals surface area contributed by atoms with Crippen LogP contribution >= 0.6 is 22.9 Å². The van der Waals surface area contributed by atoms with Crippen LogP contribution in [-0.2, 0) is 19.9 Å². The van der Waals surface area contributed by atoms with E-state index in [1.807, 2.05) is 0 Å². The van der Waals surface area contributed by atoms with Crippen LogP contribution in [0.25, 0.3) is 0 Å². The highest BCUT2D eigenvalue weighted by Crippen LogP contribution is 2.42. The van der Waals surface area contributed by atoms with Gasteiger partial charge in [-0.1, -0.05) is 11.6 Å². The number of fused-ring (bicyclic) bond motifs is 2. The van der Waals surface area contributed by atoms with Gasteiger partial charge in [0.2, 0.25) is 0 Å². The fourth-order valence-corrected chi connectivity index (χ4v) is 7.99. The van der Waals surface area contributed by atoms with Crippen LogP contribution in [0.1, 0.15) is 25.7 Å². The zero-order valence-corrected chi connectivity index (χ0v) is 14.6. The van der Waals surface area contributed by atoms with Crippen molar-refractivity contribution in [2.75, 3.05) is 6.26 Å². The number of nitrogens with zero attached hydrogens (tertiary/aromatic N) is 1. The summed E-state index contributed by atoms with van der Waals surface area (Å²) >= 11 is 6.88. The first-order chi connectivity index (χ1) is 9.69. The van der Waals surface area contributed by atoms with E-state index < -0.39 is 25.1 Å². The second-order valence-corrected chi connectivity index (χ2v) is 11.8. The highest BCUT2D eigenvalue weighted by Gasteiger charge is 2.49. The lowest BCUT2D eigenvalue weighted by Gasteiger charge is -2.36. The van der Waals surface area contributed by atoms with Crippen LogP contribution in [0.15, 0.2) is 16.3 Å². The molecule has 9 heteroatoms. The lowest BCUT2D eigenvalue weighted by molar-refractivity contribution is 0.249. The Morgan fingerprint density at radius 1 is 1.14 bits per heavy atom. The molecule has 2 aliphatic heterocycles. The number of sulfone groups is 1. The third-order valence-electron chi connectivity index (χ3n) is 4.31. The number of halogens is 1. The summed E-state index contributed by atoms with van der Waals surface area (Å²) in [5, 5.41) is -0.423. The molecule has 1 aromatic rings. The van der Waals surface area contributed by atoms with E-state index in [1.54, 1.807) is 6.07 Å². The molecule has 0 aliphatic carbocycles. The molecule has 0 N–H and O–H groups in total. The van der Waals surface area contributed by atoms with Crippen molar-refractivity contribution >= 4 is 42.8 Å². The van der Waals surface area contributed by atoms with Crippen molar-refractivity contribution in [3.05, 3.63) is 16.5 Å². The largest absolute Gasteiger partial charge is 0.253 e. The predicted molar refractivity (Wildman–Crippen MR) is 83.0 cm³/mol. The third kappa shape index (κ3) is 2.76. The van der Waals surface area contributed by atoms with E-state index in [2.05, 4.69) is 0 Å². The molecule has 0 amide bonds. The van der Waals surface area contributed by atoms with Crippen molar-refractivity contribution in [2.45, 2.75) is 47.2 Å². The highest BCUT2D eigenvalue weighted by atomic mass is 35.5. The molecule has 118 valence electrons.